The molecule has 2 aromatic rings. The van der Waals surface area contributed by atoms with Gasteiger partial charge in [-0.15, -0.1) is 0 Å². The van der Waals surface area contributed by atoms with Crippen LogP contribution in [0.1, 0.15) is 11.1 Å². The van der Waals surface area contributed by atoms with E-state index in [1.807, 2.05) is 18.2 Å². The first-order valence-electron chi connectivity index (χ1n) is 6.60. The number of likely N-dealkylation sites (N-methyl/N-ethyl adjacent to an activating group) is 1. The molecule has 1 aromatic heterocycles. The zero-order chi connectivity index (χ0) is 15.1. The number of aromatic nitrogens is 1. The van der Waals surface area contributed by atoms with Crippen LogP contribution in [0.15, 0.2) is 48.8 Å². The minimum absolute atomic E-state index is 0.195. The highest BCUT2D eigenvalue weighted by molar-refractivity contribution is 5.89. The maximum absolute atomic E-state index is 12.1. The molecule has 0 aliphatic rings. The van der Waals surface area contributed by atoms with Gasteiger partial charge in [0.05, 0.1) is 11.6 Å². The molecule has 2 amide bonds. The highest BCUT2D eigenvalue weighted by Gasteiger charge is 2.09. The number of urea groups is 1. The molecule has 0 unspecified atom stereocenters. The van der Waals surface area contributed by atoms with Crippen LogP contribution in [0.3, 0.4) is 0 Å². The molecule has 0 fully saturated rings. The van der Waals surface area contributed by atoms with Crippen LogP contribution >= 0.6 is 0 Å². The van der Waals surface area contributed by atoms with Crippen LogP contribution in [0.25, 0.3) is 0 Å². The average Bonchev–Trinajstić information content (AvgIpc) is 2.53. The summed E-state index contributed by atoms with van der Waals surface area (Å²) in [5.41, 5.74) is 2.28. The Morgan fingerprint density at radius 1 is 1.33 bits per heavy atom. The zero-order valence-electron chi connectivity index (χ0n) is 11.8. The van der Waals surface area contributed by atoms with E-state index in [2.05, 4.69) is 10.3 Å². The van der Waals surface area contributed by atoms with Gasteiger partial charge in [-0.05, 0) is 42.3 Å². The summed E-state index contributed by atoms with van der Waals surface area (Å²) in [5, 5.41) is 11.6. The third kappa shape index (κ3) is 4.32. The zero-order valence-corrected chi connectivity index (χ0v) is 11.8. The summed E-state index contributed by atoms with van der Waals surface area (Å²) in [7, 11) is 1.74. The Bertz CT molecular complexity index is 649. The lowest BCUT2D eigenvalue weighted by atomic mass is 10.2. The van der Waals surface area contributed by atoms with Crippen molar-refractivity contribution in [2.75, 3.05) is 18.9 Å². The molecule has 0 saturated carbocycles. The smallest absolute Gasteiger partial charge is 0.321 e. The van der Waals surface area contributed by atoms with E-state index in [0.29, 0.717) is 17.8 Å². The first kappa shape index (κ1) is 14.5. The third-order valence-electron chi connectivity index (χ3n) is 3.07. The van der Waals surface area contributed by atoms with Crippen molar-refractivity contribution in [3.05, 3.63) is 59.9 Å². The second kappa shape index (κ2) is 7.06. The van der Waals surface area contributed by atoms with Crippen LogP contribution < -0.4 is 5.32 Å². The van der Waals surface area contributed by atoms with Crippen molar-refractivity contribution in [2.45, 2.75) is 6.42 Å². The van der Waals surface area contributed by atoms with E-state index in [1.165, 1.54) is 0 Å². The van der Waals surface area contributed by atoms with Gasteiger partial charge in [-0.2, -0.15) is 5.26 Å². The molecule has 1 N–H and O–H groups in total. The van der Waals surface area contributed by atoms with Crippen LogP contribution in [0.2, 0.25) is 0 Å². The van der Waals surface area contributed by atoms with Gasteiger partial charge in [0.2, 0.25) is 0 Å². The molecule has 106 valence electrons. The molecule has 5 nitrogen and oxygen atoms in total. The first-order valence-corrected chi connectivity index (χ1v) is 6.60. The van der Waals surface area contributed by atoms with Gasteiger partial charge in [-0.1, -0.05) is 6.07 Å². The Labute approximate surface area is 123 Å². The molecule has 0 radical (unpaired) electrons. The highest BCUT2D eigenvalue weighted by Crippen LogP contribution is 2.10. The molecule has 0 bridgehead atoms. The summed E-state index contributed by atoms with van der Waals surface area (Å²) in [5.74, 6) is 0. The van der Waals surface area contributed by atoms with Gasteiger partial charge in [0.25, 0.3) is 0 Å². The van der Waals surface area contributed by atoms with Gasteiger partial charge >= 0.3 is 6.03 Å². The first-order chi connectivity index (χ1) is 10.2. The molecule has 1 heterocycles. The molecular weight excluding hydrogens is 264 g/mol. The number of pyridine rings is 1. The number of hydrogen-bond acceptors (Lipinski definition) is 3. The van der Waals surface area contributed by atoms with Crippen molar-refractivity contribution in [3.8, 4) is 6.07 Å². The third-order valence-corrected chi connectivity index (χ3v) is 3.07. The van der Waals surface area contributed by atoms with Crippen molar-refractivity contribution in [3.63, 3.8) is 0 Å². The molecule has 21 heavy (non-hydrogen) atoms. The number of nitrogens with zero attached hydrogens (tertiary/aromatic N) is 3. The van der Waals surface area contributed by atoms with E-state index in [9.17, 15) is 4.79 Å². The van der Waals surface area contributed by atoms with Gasteiger partial charge in [0.15, 0.2) is 0 Å². The number of hydrogen-bond donors (Lipinski definition) is 1. The van der Waals surface area contributed by atoms with Gasteiger partial charge in [0.1, 0.15) is 0 Å². The van der Waals surface area contributed by atoms with Gasteiger partial charge < -0.3 is 10.2 Å². The van der Waals surface area contributed by atoms with Crippen LogP contribution in [-0.4, -0.2) is 29.5 Å². The van der Waals surface area contributed by atoms with Crippen molar-refractivity contribution in [1.82, 2.24) is 9.88 Å². The summed E-state index contributed by atoms with van der Waals surface area (Å²) < 4.78 is 0. The number of carbonyl (C=O) groups excluding carboxylic acids is 1. The number of anilines is 1. The summed E-state index contributed by atoms with van der Waals surface area (Å²) in [6, 6.07) is 12.6. The van der Waals surface area contributed by atoms with Crippen LogP contribution in [0, 0.1) is 11.3 Å². The molecule has 0 aliphatic heterocycles. The molecular formula is C16H16N4O. The summed E-state index contributed by atoms with van der Waals surface area (Å²) in [6.07, 6.45) is 4.25. The lowest BCUT2D eigenvalue weighted by Crippen LogP contribution is -2.33. The van der Waals surface area contributed by atoms with E-state index < -0.39 is 0 Å². The van der Waals surface area contributed by atoms with E-state index >= 15 is 0 Å². The topological polar surface area (TPSA) is 69.0 Å². The van der Waals surface area contributed by atoms with Crippen LogP contribution in [-0.2, 0) is 6.42 Å². The molecule has 0 aliphatic carbocycles. The number of rotatable bonds is 4. The molecule has 0 spiro atoms. The largest absolute Gasteiger partial charge is 0.327 e. The van der Waals surface area contributed by atoms with E-state index in [0.717, 1.165) is 12.0 Å². The van der Waals surface area contributed by atoms with Gasteiger partial charge in [-0.25, -0.2) is 4.79 Å². The quantitative estimate of drug-likeness (QED) is 0.936. The number of benzene rings is 1. The summed E-state index contributed by atoms with van der Waals surface area (Å²) in [4.78, 5) is 17.6. The second-order valence-corrected chi connectivity index (χ2v) is 4.65. The average molecular weight is 280 g/mol. The lowest BCUT2D eigenvalue weighted by Gasteiger charge is -2.18. The number of nitriles is 1. The van der Waals surface area contributed by atoms with Crippen LogP contribution in [0.5, 0.6) is 0 Å². The predicted octanol–water partition coefficient (Wildman–Crippen LogP) is 2.66. The fraction of sp³-hybridized carbons (Fsp3) is 0.188. The molecule has 5 heteroatoms. The fourth-order valence-electron chi connectivity index (χ4n) is 1.83. The maximum atomic E-state index is 12.1. The van der Waals surface area contributed by atoms with E-state index in [-0.39, 0.29) is 6.03 Å². The predicted molar refractivity (Wildman–Crippen MR) is 80.7 cm³/mol. The summed E-state index contributed by atoms with van der Waals surface area (Å²) in [6.45, 7) is 0.605. The Balaban J connectivity index is 1.89. The van der Waals surface area contributed by atoms with E-state index in [4.69, 9.17) is 5.26 Å². The Morgan fingerprint density at radius 2 is 2.10 bits per heavy atom. The monoisotopic (exact) mass is 280 g/mol. The Morgan fingerprint density at radius 3 is 2.81 bits per heavy atom. The fourth-order valence-corrected chi connectivity index (χ4v) is 1.83. The summed E-state index contributed by atoms with van der Waals surface area (Å²) >= 11 is 0. The van der Waals surface area contributed by atoms with E-state index in [1.54, 1.807) is 48.6 Å². The van der Waals surface area contributed by atoms with Crippen LogP contribution in [0.4, 0.5) is 10.5 Å². The van der Waals surface area contributed by atoms with Crippen molar-refractivity contribution in [2.24, 2.45) is 0 Å². The van der Waals surface area contributed by atoms with Crippen molar-refractivity contribution < 1.29 is 4.79 Å². The standard InChI is InChI=1S/C16H16N4O/c1-20(10-7-13-5-8-18-9-6-13)16(21)19-15-4-2-3-14(11-15)12-17/h2-6,8-9,11H,7,10H2,1H3,(H,19,21). The minimum Gasteiger partial charge on any atom is -0.327 e. The number of nitrogens with one attached hydrogen (secondary N) is 1. The molecule has 1 aromatic carbocycles. The molecule has 0 atom stereocenters. The maximum Gasteiger partial charge on any atom is 0.321 e. The Kier molecular flexibility index (Phi) is 4.89. The highest BCUT2D eigenvalue weighted by atomic mass is 16.2. The SMILES string of the molecule is CN(CCc1ccncc1)C(=O)Nc1cccc(C#N)c1. The number of carbonyl (C=O) groups is 1. The normalized spacial score (nSPS) is 9.71. The Hall–Kier alpha value is -2.87. The van der Waals surface area contributed by atoms with Gasteiger partial charge in [-0.3, -0.25) is 4.98 Å². The minimum atomic E-state index is -0.195. The van der Waals surface area contributed by atoms with Crippen molar-refractivity contribution in [1.29, 1.82) is 5.26 Å². The molecule has 2 rings (SSSR count). The van der Waals surface area contributed by atoms with Crippen molar-refractivity contribution >= 4 is 11.7 Å². The number of amides is 2. The second-order valence-electron chi connectivity index (χ2n) is 4.65. The lowest BCUT2D eigenvalue weighted by molar-refractivity contribution is 0.223. The molecule has 0 saturated heterocycles. The van der Waals surface area contributed by atoms with Gasteiger partial charge in [0, 0.05) is 31.7 Å².